The fourth-order valence-corrected chi connectivity index (χ4v) is 1.57. The number of aromatic carboxylic acids is 1. The van der Waals surface area contributed by atoms with Crippen molar-refractivity contribution in [2.45, 2.75) is 0 Å². The summed E-state index contributed by atoms with van der Waals surface area (Å²) in [6.07, 6.45) is 0. The van der Waals surface area contributed by atoms with Crippen LogP contribution in [0.5, 0.6) is 0 Å². The zero-order valence-corrected chi connectivity index (χ0v) is 9.45. The molecule has 0 aliphatic carbocycles. The van der Waals surface area contributed by atoms with E-state index in [0.717, 1.165) is 0 Å². The Morgan fingerprint density at radius 2 is 1.63 bits per heavy atom. The van der Waals surface area contributed by atoms with E-state index in [9.17, 15) is 18.0 Å². The van der Waals surface area contributed by atoms with E-state index in [0.29, 0.717) is 12.1 Å². The maximum absolute atomic E-state index is 13.4. The summed E-state index contributed by atoms with van der Waals surface area (Å²) in [4.78, 5) is 10.9. The van der Waals surface area contributed by atoms with Crippen molar-refractivity contribution in [3.63, 3.8) is 0 Å². The van der Waals surface area contributed by atoms with Crippen LogP contribution in [0, 0.1) is 17.5 Å². The average molecular weight is 267 g/mol. The largest absolute Gasteiger partial charge is 0.478 e. The number of halogens is 3. The van der Waals surface area contributed by atoms with Gasteiger partial charge >= 0.3 is 5.97 Å². The average Bonchev–Trinajstić information content (AvgIpc) is 2.34. The molecule has 0 aliphatic rings. The zero-order valence-electron chi connectivity index (χ0n) is 9.45. The highest BCUT2D eigenvalue weighted by Crippen LogP contribution is 2.26. The van der Waals surface area contributed by atoms with Crippen molar-refractivity contribution < 1.29 is 23.1 Å². The van der Waals surface area contributed by atoms with Crippen molar-refractivity contribution in [2.24, 2.45) is 0 Å². The van der Waals surface area contributed by atoms with Crippen LogP contribution in [0.25, 0.3) is 0 Å². The first-order valence-corrected chi connectivity index (χ1v) is 5.23. The van der Waals surface area contributed by atoms with Crippen molar-refractivity contribution >= 4 is 17.3 Å². The molecule has 3 nitrogen and oxygen atoms in total. The minimum atomic E-state index is -1.24. The number of hydrogen-bond donors (Lipinski definition) is 2. The number of carboxylic acids is 1. The van der Waals surface area contributed by atoms with Gasteiger partial charge in [0.2, 0.25) is 0 Å². The van der Waals surface area contributed by atoms with Crippen LogP contribution in [0.3, 0.4) is 0 Å². The van der Waals surface area contributed by atoms with Gasteiger partial charge in [0.15, 0.2) is 11.6 Å². The van der Waals surface area contributed by atoms with Gasteiger partial charge in [0.05, 0.1) is 11.3 Å². The number of para-hydroxylation sites is 1. The van der Waals surface area contributed by atoms with Gasteiger partial charge in [0.1, 0.15) is 11.5 Å². The van der Waals surface area contributed by atoms with Gasteiger partial charge in [-0.15, -0.1) is 0 Å². The molecule has 0 radical (unpaired) electrons. The summed E-state index contributed by atoms with van der Waals surface area (Å²) in [7, 11) is 0. The number of carbonyl (C=O) groups is 1. The van der Waals surface area contributed by atoms with Gasteiger partial charge < -0.3 is 10.4 Å². The molecule has 0 atom stereocenters. The smallest absolute Gasteiger partial charge is 0.337 e. The van der Waals surface area contributed by atoms with Gasteiger partial charge in [-0.2, -0.15) is 0 Å². The Hall–Kier alpha value is -2.50. The molecule has 0 saturated carbocycles. The molecular formula is C13H8F3NO2. The van der Waals surface area contributed by atoms with Crippen LogP contribution in [-0.4, -0.2) is 11.1 Å². The molecule has 2 rings (SSSR count). The topological polar surface area (TPSA) is 49.3 Å². The van der Waals surface area contributed by atoms with E-state index in [1.807, 2.05) is 0 Å². The molecule has 0 saturated heterocycles. The molecule has 2 aromatic rings. The van der Waals surface area contributed by atoms with Crippen LogP contribution < -0.4 is 5.32 Å². The second-order valence-electron chi connectivity index (χ2n) is 3.72. The molecule has 0 unspecified atom stereocenters. The van der Waals surface area contributed by atoms with Gasteiger partial charge in [-0.1, -0.05) is 12.1 Å². The normalized spacial score (nSPS) is 10.3. The second-order valence-corrected chi connectivity index (χ2v) is 3.72. The minimum absolute atomic E-state index is 0.0133. The summed E-state index contributed by atoms with van der Waals surface area (Å²) in [5, 5.41) is 11.3. The molecule has 0 spiro atoms. The Kier molecular flexibility index (Phi) is 3.41. The lowest BCUT2D eigenvalue weighted by molar-refractivity contribution is 0.0698. The molecule has 6 heteroatoms. The number of carboxylic acid groups (broad SMARTS) is 1. The second kappa shape index (κ2) is 5.01. The lowest BCUT2D eigenvalue weighted by Gasteiger charge is -2.11. The molecule has 19 heavy (non-hydrogen) atoms. The lowest BCUT2D eigenvalue weighted by Crippen LogP contribution is -2.05. The summed E-state index contributed by atoms with van der Waals surface area (Å²) >= 11 is 0. The number of anilines is 2. The summed E-state index contributed by atoms with van der Waals surface area (Å²) < 4.78 is 39.6. The quantitative estimate of drug-likeness (QED) is 0.894. The Balaban J connectivity index is 2.45. The summed E-state index contributed by atoms with van der Waals surface area (Å²) in [5.41, 5.74) is -0.736. The van der Waals surface area contributed by atoms with Crippen LogP contribution in [0.1, 0.15) is 10.4 Å². The molecular weight excluding hydrogens is 259 g/mol. The van der Waals surface area contributed by atoms with Gasteiger partial charge in [-0.25, -0.2) is 18.0 Å². The Morgan fingerprint density at radius 3 is 2.21 bits per heavy atom. The van der Waals surface area contributed by atoms with Crippen molar-refractivity contribution in [1.82, 2.24) is 0 Å². The SMILES string of the molecule is O=C(O)c1ccccc1Nc1c(F)cc(F)cc1F. The predicted molar refractivity (Wildman–Crippen MR) is 63.0 cm³/mol. The fraction of sp³-hybridized carbons (Fsp3) is 0. The Morgan fingerprint density at radius 1 is 1.05 bits per heavy atom. The van der Waals surface area contributed by atoms with E-state index >= 15 is 0 Å². The zero-order chi connectivity index (χ0) is 14.0. The Labute approximate surface area is 106 Å². The van der Waals surface area contributed by atoms with E-state index in [-0.39, 0.29) is 11.3 Å². The molecule has 98 valence electrons. The first kappa shape index (κ1) is 12.9. The van der Waals surface area contributed by atoms with Crippen LogP contribution in [0.15, 0.2) is 36.4 Å². The van der Waals surface area contributed by atoms with Gasteiger partial charge in [-0.3, -0.25) is 0 Å². The van der Waals surface area contributed by atoms with Crippen molar-refractivity contribution in [2.75, 3.05) is 5.32 Å². The van der Waals surface area contributed by atoms with Crippen LogP contribution in [0.4, 0.5) is 24.5 Å². The highest BCUT2D eigenvalue weighted by molar-refractivity contribution is 5.95. The third-order valence-corrected chi connectivity index (χ3v) is 2.42. The first-order chi connectivity index (χ1) is 8.99. The van der Waals surface area contributed by atoms with Crippen LogP contribution in [-0.2, 0) is 0 Å². The number of hydrogen-bond acceptors (Lipinski definition) is 2. The third kappa shape index (κ3) is 2.67. The monoisotopic (exact) mass is 267 g/mol. The van der Waals surface area contributed by atoms with E-state index in [1.54, 1.807) is 0 Å². The van der Waals surface area contributed by atoms with Crippen molar-refractivity contribution in [3.8, 4) is 0 Å². The van der Waals surface area contributed by atoms with Crippen LogP contribution >= 0.6 is 0 Å². The van der Waals surface area contributed by atoms with Gasteiger partial charge in [-0.05, 0) is 12.1 Å². The maximum Gasteiger partial charge on any atom is 0.337 e. The molecule has 0 aromatic heterocycles. The molecule has 0 amide bonds. The molecule has 0 aliphatic heterocycles. The first-order valence-electron chi connectivity index (χ1n) is 5.23. The third-order valence-electron chi connectivity index (χ3n) is 2.42. The lowest BCUT2D eigenvalue weighted by atomic mass is 10.1. The minimum Gasteiger partial charge on any atom is -0.478 e. The van der Waals surface area contributed by atoms with Crippen molar-refractivity contribution in [3.05, 3.63) is 59.4 Å². The highest BCUT2D eigenvalue weighted by atomic mass is 19.1. The number of rotatable bonds is 3. The summed E-state index contributed by atoms with van der Waals surface area (Å²) in [6, 6.07) is 6.64. The molecule has 2 N–H and O–H groups in total. The van der Waals surface area contributed by atoms with E-state index in [2.05, 4.69) is 5.32 Å². The van der Waals surface area contributed by atoms with E-state index in [1.165, 1.54) is 24.3 Å². The number of benzene rings is 2. The molecule has 2 aromatic carbocycles. The fourth-order valence-electron chi connectivity index (χ4n) is 1.57. The predicted octanol–water partition coefficient (Wildman–Crippen LogP) is 3.55. The molecule has 0 fully saturated rings. The van der Waals surface area contributed by atoms with E-state index < -0.39 is 29.1 Å². The molecule has 0 heterocycles. The van der Waals surface area contributed by atoms with E-state index in [4.69, 9.17) is 5.11 Å². The van der Waals surface area contributed by atoms with Crippen molar-refractivity contribution in [1.29, 1.82) is 0 Å². The highest BCUT2D eigenvalue weighted by Gasteiger charge is 2.15. The standard InChI is InChI=1S/C13H8F3NO2/c14-7-5-9(15)12(10(16)6-7)17-11-4-2-1-3-8(11)13(18)19/h1-6,17H,(H,18,19). The number of nitrogens with one attached hydrogen (secondary N) is 1. The Bertz CT molecular complexity index is 621. The summed E-state index contributed by atoms with van der Waals surface area (Å²) in [6.45, 7) is 0. The summed E-state index contributed by atoms with van der Waals surface area (Å²) in [5.74, 6) is -4.58. The molecule has 0 bridgehead atoms. The van der Waals surface area contributed by atoms with Crippen LogP contribution in [0.2, 0.25) is 0 Å². The van der Waals surface area contributed by atoms with Gasteiger partial charge in [0, 0.05) is 12.1 Å². The van der Waals surface area contributed by atoms with Gasteiger partial charge in [0.25, 0.3) is 0 Å². The maximum atomic E-state index is 13.4.